The maximum Gasteiger partial charge on any atom is 0.319 e. The van der Waals surface area contributed by atoms with E-state index in [2.05, 4.69) is 30.7 Å². The van der Waals surface area contributed by atoms with Gasteiger partial charge < -0.3 is 24.9 Å². The van der Waals surface area contributed by atoms with Crippen molar-refractivity contribution in [3.05, 3.63) is 35.2 Å². The lowest BCUT2D eigenvalue weighted by Crippen LogP contribution is -2.31. The number of hydrogen-bond acceptors (Lipinski definition) is 6. The number of anilines is 1. The molecule has 3 N–H and O–H groups in total. The first kappa shape index (κ1) is 17.5. The maximum absolute atomic E-state index is 12.2. The molecule has 3 heterocycles. The average molecular weight is 370 g/mol. The predicted octanol–water partition coefficient (Wildman–Crippen LogP) is 2.78. The van der Waals surface area contributed by atoms with E-state index < -0.39 is 0 Å². The molecule has 1 fully saturated rings. The molecule has 1 aromatic carbocycles. The molecule has 0 aliphatic carbocycles. The number of amides is 2. The average Bonchev–Trinajstić information content (AvgIpc) is 3.39. The molecule has 3 aromatic rings. The molecule has 0 unspecified atom stereocenters. The molecule has 9 nitrogen and oxygen atoms in total. The highest BCUT2D eigenvalue weighted by atomic mass is 16.5. The number of fused-ring (bicyclic) bond motifs is 1. The Kier molecular flexibility index (Phi) is 4.76. The minimum atomic E-state index is -0.279. The number of aromatic nitrogens is 4. The fourth-order valence-electron chi connectivity index (χ4n) is 3.20. The van der Waals surface area contributed by atoms with Gasteiger partial charge in [0.15, 0.2) is 5.82 Å². The molecule has 1 saturated heterocycles. The fourth-order valence-corrected chi connectivity index (χ4v) is 3.20. The van der Waals surface area contributed by atoms with E-state index in [1.54, 1.807) is 6.33 Å². The van der Waals surface area contributed by atoms with E-state index >= 15 is 0 Å². The smallest absolute Gasteiger partial charge is 0.319 e. The number of hydrogen-bond donors (Lipinski definition) is 3. The highest BCUT2D eigenvalue weighted by Crippen LogP contribution is 2.27. The third-order valence-corrected chi connectivity index (χ3v) is 4.85. The number of rotatable bonds is 5. The summed E-state index contributed by atoms with van der Waals surface area (Å²) in [5, 5.41) is 9.65. The van der Waals surface area contributed by atoms with Gasteiger partial charge in [0.25, 0.3) is 5.89 Å². The van der Waals surface area contributed by atoms with Gasteiger partial charge in [-0.3, -0.25) is 0 Å². The van der Waals surface area contributed by atoms with Crippen LogP contribution in [0.2, 0.25) is 0 Å². The molecular weight excluding hydrogens is 348 g/mol. The van der Waals surface area contributed by atoms with Crippen LogP contribution < -0.4 is 10.6 Å². The molecule has 0 spiro atoms. The summed E-state index contributed by atoms with van der Waals surface area (Å²) in [5.41, 5.74) is 4.59. The van der Waals surface area contributed by atoms with Crippen LogP contribution in [-0.4, -0.2) is 39.3 Å². The summed E-state index contributed by atoms with van der Waals surface area (Å²) < 4.78 is 10.8. The Morgan fingerprint density at radius 2 is 2.26 bits per heavy atom. The summed E-state index contributed by atoms with van der Waals surface area (Å²) >= 11 is 0. The molecule has 27 heavy (non-hydrogen) atoms. The molecule has 0 radical (unpaired) electrons. The van der Waals surface area contributed by atoms with Gasteiger partial charge in [0.2, 0.25) is 0 Å². The fraction of sp³-hybridized carbons (Fsp3) is 0.444. The summed E-state index contributed by atoms with van der Waals surface area (Å²) in [4.78, 5) is 23.9. The number of imidazole rings is 1. The molecule has 0 saturated carbocycles. The lowest BCUT2D eigenvalue weighted by atomic mass is 10.1. The Morgan fingerprint density at radius 1 is 1.37 bits per heavy atom. The van der Waals surface area contributed by atoms with Gasteiger partial charge in [-0.2, -0.15) is 4.98 Å². The van der Waals surface area contributed by atoms with Crippen molar-refractivity contribution in [1.29, 1.82) is 0 Å². The van der Waals surface area contributed by atoms with E-state index in [0.29, 0.717) is 24.7 Å². The summed E-state index contributed by atoms with van der Waals surface area (Å²) in [6, 6.07) is 1.61. The van der Waals surface area contributed by atoms with Crippen LogP contribution in [-0.2, 0) is 11.2 Å². The number of benzene rings is 1. The first-order chi connectivity index (χ1) is 13.1. The van der Waals surface area contributed by atoms with Gasteiger partial charge in [-0.15, -0.1) is 0 Å². The van der Waals surface area contributed by atoms with Crippen LogP contribution in [0.25, 0.3) is 11.0 Å². The van der Waals surface area contributed by atoms with Crippen LogP contribution in [0.3, 0.4) is 0 Å². The number of aromatic amines is 1. The van der Waals surface area contributed by atoms with Crippen LogP contribution in [0.5, 0.6) is 0 Å². The van der Waals surface area contributed by atoms with Gasteiger partial charge in [-0.1, -0.05) is 5.16 Å². The minimum Gasteiger partial charge on any atom is -0.368 e. The van der Waals surface area contributed by atoms with E-state index in [1.807, 2.05) is 19.9 Å². The Bertz CT molecular complexity index is 957. The van der Waals surface area contributed by atoms with Crippen molar-refractivity contribution < 1.29 is 14.1 Å². The standard InChI is InChI=1S/C18H22N6O3/c1-10-11(2)16-13(20-9-21-16)8-12(10)22-18(25)19-6-5-15-23-17(27-24-15)14-4-3-7-26-14/h8-9,14H,3-7H2,1-2H3,(H,20,21)(H2,19,22,25)/t14-/m0/s1. The van der Waals surface area contributed by atoms with E-state index in [9.17, 15) is 4.79 Å². The van der Waals surface area contributed by atoms with Crippen molar-refractivity contribution in [1.82, 2.24) is 25.4 Å². The van der Waals surface area contributed by atoms with E-state index in [1.165, 1.54) is 0 Å². The molecule has 1 aliphatic rings. The third-order valence-electron chi connectivity index (χ3n) is 4.85. The highest BCUT2D eigenvalue weighted by Gasteiger charge is 2.23. The number of ether oxygens (including phenoxy) is 1. The van der Waals surface area contributed by atoms with Crippen molar-refractivity contribution in [3.63, 3.8) is 0 Å². The van der Waals surface area contributed by atoms with Crippen molar-refractivity contribution in [2.45, 2.75) is 39.2 Å². The van der Waals surface area contributed by atoms with Crippen LogP contribution in [0.15, 0.2) is 16.9 Å². The minimum absolute atomic E-state index is 0.0916. The molecule has 1 atom stereocenters. The molecule has 0 bridgehead atoms. The molecule has 2 amide bonds. The van der Waals surface area contributed by atoms with Crippen LogP contribution in [0.4, 0.5) is 10.5 Å². The lowest BCUT2D eigenvalue weighted by molar-refractivity contribution is 0.0835. The van der Waals surface area contributed by atoms with E-state index in [-0.39, 0.29) is 12.1 Å². The van der Waals surface area contributed by atoms with Crippen molar-refractivity contribution >= 4 is 22.8 Å². The quantitative estimate of drug-likeness (QED) is 0.635. The van der Waals surface area contributed by atoms with Gasteiger partial charge in [-0.05, 0) is 43.9 Å². The zero-order valence-corrected chi connectivity index (χ0v) is 15.3. The third kappa shape index (κ3) is 3.63. The predicted molar refractivity (Wildman–Crippen MR) is 98.5 cm³/mol. The van der Waals surface area contributed by atoms with Crippen LogP contribution in [0.1, 0.15) is 41.8 Å². The van der Waals surface area contributed by atoms with Crippen molar-refractivity contribution in [2.75, 3.05) is 18.5 Å². The molecule has 4 rings (SSSR count). The molecule has 142 valence electrons. The zero-order chi connectivity index (χ0) is 18.8. The summed E-state index contributed by atoms with van der Waals surface area (Å²) in [6.45, 7) is 5.09. The SMILES string of the molecule is Cc1c(NC(=O)NCCc2noc([C@@H]3CCCO3)n2)cc2[nH]cnc2c1C. The first-order valence-electron chi connectivity index (χ1n) is 9.04. The Balaban J connectivity index is 1.32. The molecule has 2 aromatic heterocycles. The van der Waals surface area contributed by atoms with Gasteiger partial charge in [-0.25, -0.2) is 9.78 Å². The monoisotopic (exact) mass is 370 g/mol. The van der Waals surface area contributed by atoms with Gasteiger partial charge >= 0.3 is 6.03 Å². The van der Waals surface area contributed by atoms with Gasteiger partial charge in [0, 0.05) is 25.3 Å². The maximum atomic E-state index is 12.2. The largest absolute Gasteiger partial charge is 0.368 e. The number of nitrogens with one attached hydrogen (secondary N) is 3. The van der Waals surface area contributed by atoms with Gasteiger partial charge in [0.05, 0.1) is 17.4 Å². The molecular formula is C18H22N6O3. The Hall–Kier alpha value is -2.94. The number of urea groups is 1. The van der Waals surface area contributed by atoms with Crippen molar-refractivity contribution in [3.8, 4) is 0 Å². The number of aryl methyl sites for hydroxylation is 1. The van der Waals surface area contributed by atoms with Crippen molar-refractivity contribution in [2.24, 2.45) is 0 Å². The number of H-pyrrole nitrogens is 1. The topological polar surface area (TPSA) is 118 Å². The zero-order valence-electron chi connectivity index (χ0n) is 15.3. The molecule has 1 aliphatic heterocycles. The number of carbonyl (C=O) groups excluding carboxylic acids is 1. The second-order valence-electron chi connectivity index (χ2n) is 6.65. The lowest BCUT2D eigenvalue weighted by Gasteiger charge is -2.12. The second kappa shape index (κ2) is 7.36. The Labute approximate surface area is 155 Å². The Morgan fingerprint density at radius 3 is 3.07 bits per heavy atom. The normalized spacial score (nSPS) is 16.7. The molecule has 9 heteroatoms. The summed E-state index contributed by atoms with van der Waals surface area (Å²) in [7, 11) is 0. The number of carbonyl (C=O) groups is 1. The highest BCUT2D eigenvalue weighted by molar-refractivity contribution is 5.94. The van der Waals surface area contributed by atoms with Crippen LogP contribution >= 0.6 is 0 Å². The summed E-state index contributed by atoms with van der Waals surface area (Å²) in [6.07, 6.45) is 3.96. The van der Waals surface area contributed by atoms with Gasteiger partial charge in [0.1, 0.15) is 6.10 Å². The van der Waals surface area contributed by atoms with Crippen LogP contribution in [0, 0.1) is 13.8 Å². The summed E-state index contributed by atoms with van der Waals surface area (Å²) in [5.74, 6) is 1.08. The number of nitrogens with zero attached hydrogens (tertiary/aromatic N) is 3. The second-order valence-corrected chi connectivity index (χ2v) is 6.65. The first-order valence-corrected chi connectivity index (χ1v) is 9.04. The van der Waals surface area contributed by atoms with E-state index in [4.69, 9.17) is 9.26 Å². The van der Waals surface area contributed by atoms with E-state index in [0.717, 1.165) is 47.3 Å².